The second-order valence-corrected chi connectivity index (χ2v) is 9.17. The Kier molecular flexibility index (Phi) is 6.75. The summed E-state index contributed by atoms with van der Waals surface area (Å²) < 4.78 is 5.28. The fraction of sp³-hybridized carbons (Fsp3) is 0.300. The van der Waals surface area contributed by atoms with Gasteiger partial charge in [0.15, 0.2) is 0 Å². The van der Waals surface area contributed by atoms with Crippen molar-refractivity contribution >= 4 is 22.5 Å². The Hall–Kier alpha value is -3.73. The normalized spacial score (nSPS) is 14.8. The number of carbonyl (C=O) groups excluding carboxylic acids is 1. The Labute approximate surface area is 207 Å². The molecule has 5 nitrogen and oxygen atoms in total. The van der Waals surface area contributed by atoms with Crippen LogP contribution in [0.15, 0.2) is 79.0 Å². The van der Waals surface area contributed by atoms with Gasteiger partial charge in [0.25, 0.3) is 0 Å². The van der Waals surface area contributed by atoms with Crippen molar-refractivity contribution in [3.05, 3.63) is 95.7 Å². The van der Waals surface area contributed by atoms with Gasteiger partial charge in [-0.05, 0) is 47.4 Å². The lowest BCUT2D eigenvalue weighted by Crippen LogP contribution is -2.49. The molecule has 4 aromatic rings. The Bertz CT molecular complexity index is 1270. The van der Waals surface area contributed by atoms with Crippen LogP contribution in [0.1, 0.15) is 36.0 Å². The van der Waals surface area contributed by atoms with Crippen molar-refractivity contribution in [1.29, 1.82) is 0 Å². The van der Waals surface area contributed by atoms with Gasteiger partial charge < -0.3 is 19.5 Å². The molecule has 0 aliphatic carbocycles. The molecule has 0 bridgehead atoms. The van der Waals surface area contributed by atoms with Crippen LogP contribution in [0.3, 0.4) is 0 Å². The lowest BCUT2D eigenvalue weighted by Gasteiger charge is -2.36. The first kappa shape index (κ1) is 23.0. The van der Waals surface area contributed by atoms with Crippen molar-refractivity contribution in [3.8, 4) is 5.75 Å². The Balaban J connectivity index is 1.34. The van der Waals surface area contributed by atoms with Gasteiger partial charge in [0.2, 0.25) is 5.91 Å². The van der Waals surface area contributed by atoms with E-state index in [2.05, 4.69) is 77.6 Å². The van der Waals surface area contributed by atoms with Gasteiger partial charge >= 0.3 is 0 Å². The molecular formula is C30H33N3O2. The number of methoxy groups -OCH3 is 1. The van der Waals surface area contributed by atoms with Crippen molar-refractivity contribution < 1.29 is 9.53 Å². The van der Waals surface area contributed by atoms with E-state index >= 15 is 0 Å². The van der Waals surface area contributed by atoms with Crippen molar-refractivity contribution in [2.45, 2.75) is 25.7 Å². The number of benzene rings is 3. The van der Waals surface area contributed by atoms with Crippen LogP contribution >= 0.6 is 0 Å². The van der Waals surface area contributed by atoms with E-state index in [9.17, 15) is 4.79 Å². The third-order valence-electron chi connectivity index (χ3n) is 7.24. The van der Waals surface area contributed by atoms with Gasteiger partial charge in [-0.25, -0.2) is 0 Å². The average molecular weight is 468 g/mol. The Morgan fingerprint density at radius 1 is 0.943 bits per heavy atom. The number of aromatic amines is 1. The van der Waals surface area contributed by atoms with Gasteiger partial charge in [0.1, 0.15) is 5.75 Å². The van der Waals surface area contributed by atoms with Crippen molar-refractivity contribution in [1.82, 2.24) is 9.88 Å². The summed E-state index contributed by atoms with van der Waals surface area (Å²) in [6, 6.07) is 25.1. The summed E-state index contributed by atoms with van der Waals surface area (Å²) in [6.07, 6.45) is 3.55. The van der Waals surface area contributed by atoms with E-state index in [1.54, 1.807) is 7.11 Å². The molecule has 5 heteroatoms. The molecule has 0 saturated carbocycles. The van der Waals surface area contributed by atoms with Crippen molar-refractivity contribution in [2.75, 3.05) is 38.2 Å². The molecule has 1 N–H and O–H groups in total. The summed E-state index contributed by atoms with van der Waals surface area (Å²) in [5, 5.41) is 1.22. The van der Waals surface area contributed by atoms with Crippen LogP contribution in [-0.2, 0) is 11.2 Å². The Morgan fingerprint density at radius 3 is 2.37 bits per heavy atom. The standard InChI is InChI=1S/C30H33N3O2/c1-3-22-10-7-11-26-28(21-31-30(22)26)27(23-8-5-4-6-9-23)20-29(34)33-18-16-32(17-19-33)24-12-14-25(35-2)15-13-24/h4-15,21,27,31H,3,16-20H2,1-2H3. The molecule has 1 atom stereocenters. The van der Waals surface area contributed by atoms with Crippen LogP contribution in [0.5, 0.6) is 5.75 Å². The fourth-order valence-electron chi connectivity index (χ4n) is 5.23. The number of rotatable bonds is 7. The molecule has 1 saturated heterocycles. The topological polar surface area (TPSA) is 48.6 Å². The van der Waals surface area contributed by atoms with Gasteiger partial charge in [-0.1, -0.05) is 55.5 Å². The average Bonchev–Trinajstić information content (AvgIpc) is 3.36. The number of piperazine rings is 1. The van der Waals surface area contributed by atoms with E-state index in [1.807, 2.05) is 23.1 Å². The minimum Gasteiger partial charge on any atom is -0.497 e. The van der Waals surface area contributed by atoms with Crippen molar-refractivity contribution in [3.63, 3.8) is 0 Å². The lowest BCUT2D eigenvalue weighted by atomic mass is 9.87. The van der Waals surface area contributed by atoms with E-state index in [0.717, 1.165) is 38.3 Å². The number of fused-ring (bicyclic) bond motifs is 1. The van der Waals surface area contributed by atoms with Crippen LogP contribution in [0.25, 0.3) is 10.9 Å². The van der Waals surface area contributed by atoms with E-state index < -0.39 is 0 Å². The third-order valence-corrected chi connectivity index (χ3v) is 7.24. The zero-order valence-corrected chi connectivity index (χ0v) is 20.5. The number of anilines is 1. The monoisotopic (exact) mass is 467 g/mol. The predicted octanol–water partition coefficient (Wildman–Crippen LogP) is 5.61. The SMILES string of the molecule is CCc1cccc2c(C(CC(=O)N3CCN(c4ccc(OC)cc4)CC3)c3ccccc3)c[nH]c12. The second kappa shape index (κ2) is 10.3. The fourth-order valence-corrected chi connectivity index (χ4v) is 5.23. The number of amides is 1. The maximum Gasteiger partial charge on any atom is 0.223 e. The van der Waals surface area contributed by atoms with Crippen LogP contribution in [0.4, 0.5) is 5.69 Å². The number of hydrogen-bond acceptors (Lipinski definition) is 3. The first-order valence-electron chi connectivity index (χ1n) is 12.5. The maximum atomic E-state index is 13.5. The molecular weight excluding hydrogens is 434 g/mol. The van der Waals surface area contributed by atoms with Crippen LogP contribution < -0.4 is 9.64 Å². The minimum atomic E-state index is 0.0178. The molecule has 180 valence electrons. The highest BCUT2D eigenvalue weighted by atomic mass is 16.5. The summed E-state index contributed by atoms with van der Waals surface area (Å²) in [7, 11) is 1.68. The molecule has 0 spiro atoms. The number of nitrogens with one attached hydrogen (secondary N) is 1. The number of carbonyl (C=O) groups is 1. The summed E-state index contributed by atoms with van der Waals surface area (Å²) in [5.74, 6) is 1.09. The number of H-pyrrole nitrogens is 1. The number of hydrogen-bond donors (Lipinski definition) is 1. The second-order valence-electron chi connectivity index (χ2n) is 9.17. The Morgan fingerprint density at radius 2 is 1.69 bits per heavy atom. The molecule has 1 aliphatic heterocycles. The molecule has 1 unspecified atom stereocenters. The number of aromatic nitrogens is 1. The minimum absolute atomic E-state index is 0.0178. The summed E-state index contributed by atoms with van der Waals surface area (Å²) >= 11 is 0. The van der Waals surface area contributed by atoms with Crippen LogP contribution in [0.2, 0.25) is 0 Å². The largest absolute Gasteiger partial charge is 0.497 e. The predicted molar refractivity (Wildman–Crippen MR) is 142 cm³/mol. The smallest absolute Gasteiger partial charge is 0.223 e. The van der Waals surface area contributed by atoms with Gasteiger partial charge in [-0.3, -0.25) is 4.79 Å². The quantitative estimate of drug-likeness (QED) is 0.384. The zero-order chi connectivity index (χ0) is 24.2. The molecule has 35 heavy (non-hydrogen) atoms. The molecule has 1 fully saturated rings. The zero-order valence-electron chi connectivity index (χ0n) is 20.5. The number of ether oxygens (including phenoxy) is 1. The maximum absolute atomic E-state index is 13.5. The number of aryl methyl sites for hydroxylation is 1. The molecule has 1 amide bonds. The summed E-state index contributed by atoms with van der Waals surface area (Å²) in [4.78, 5) is 21.4. The lowest BCUT2D eigenvalue weighted by molar-refractivity contribution is -0.131. The first-order chi connectivity index (χ1) is 17.2. The van der Waals surface area contributed by atoms with Gasteiger partial charge in [-0.2, -0.15) is 0 Å². The van der Waals surface area contributed by atoms with Gasteiger partial charge in [-0.15, -0.1) is 0 Å². The van der Waals surface area contributed by atoms with E-state index in [-0.39, 0.29) is 11.8 Å². The highest BCUT2D eigenvalue weighted by Gasteiger charge is 2.27. The molecule has 0 radical (unpaired) electrons. The van der Waals surface area contributed by atoms with E-state index in [1.165, 1.54) is 33.3 Å². The summed E-state index contributed by atoms with van der Waals surface area (Å²) in [5.41, 5.74) is 6.05. The van der Waals surface area contributed by atoms with Gasteiger partial charge in [0.05, 0.1) is 7.11 Å². The number of para-hydroxylation sites is 1. The van der Waals surface area contributed by atoms with E-state index in [4.69, 9.17) is 4.74 Å². The number of nitrogens with zero attached hydrogens (tertiary/aromatic N) is 2. The molecule has 1 aromatic heterocycles. The van der Waals surface area contributed by atoms with E-state index in [0.29, 0.717) is 6.42 Å². The molecule has 5 rings (SSSR count). The molecule has 3 aromatic carbocycles. The summed E-state index contributed by atoms with van der Waals surface area (Å²) in [6.45, 7) is 5.32. The van der Waals surface area contributed by atoms with Crippen LogP contribution in [0, 0.1) is 0 Å². The first-order valence-corrected chi connectivity index (χ1v) is 12.5. The molecule has 1 aliphatic rings. The highest BCUT2D eigenvalue weighted by Crippen LogP contribution is 2.35. The third kappa shape index (κ3) is 4.76. The molecule has 2 heterocycles. The van der Waals surface area contributed by atoms with Crippen LogP contribution in [-0.4, -0.2) is 49.1 Å². The van der Waals surface area contributed by atoms with Gasteiger partial charge in [0, 0.05) is 61.3 Å². The highest BCUT2D eigenvalue weighted by molar-refractivity contribution is 5.88. The van der Waals surface area contributed by atoms with Crippen molar-refractivity contribution in [2.24, 2.45) is 0 Å².